The summed E-state index contributed by atoms with van der Waals surface area (Å²) in [6, 6.07) is -5.17. The molecule has 0 unspecified atom stereocenters. The summed E-state index contributed by atoms with van der Waals surface area (Å²) in [5.74, 6) is -11.3. The number of amides is 5. The normalized spacial score (nSPS) is 15.3. The van der Waals surface area contributed by atoms with Crippen molar-refractivity contribution in [2.45, 2.75) is 144 Å². The topological polar surface area (TPSA) is 203 Å². The Morgan fingerprint density at radius 3 is 1.85 bits per heavy atom. The van der Waals surface area contributed by atoms with Gasteiger partial charge < -0.3 is 36.8 Å². The molecule has 13 nitrogen and oxygen atoms in total. The second-order valence-corrected chi connectivity index (χ2v) is 12.4. The molecule has 0 bridgehead atoms. The Bertz CT molecular complexity index is 1030. The molecule has 0 aromatic rings. The predicted molar refractivity (Wildman–Crippen MR) is 174 cm³/mol. The van der Waals surface area contributed by atoms with E-state index in [0.29, 0.717) is 12.8 Å². The molecular formula is C32H59F2N5O8. The van der Waals surface area contributed by atoms with E-state index in [0.717, 1.165) is 0 Å². The van der Waals surface area contributed by atoms with E-state index in [-0.39, 0.29) is 57.9 Å². The zero-order chi connectivity index (χ0) is 35.8. The number of aliphatic hydroxyl groups excluding tert-OH is 1. The number of nitrogens with one attached hydrogen (secondary N) is 5. The monoisotopic (exact) mass is 679 g/mol. The van der Waals surface area contributed by atoms with Gasteiger partial charge in [0.25, 0.3) is 5.91 Å². The van der Waals surface area contributed by atoms with Crippen LogP contribution in [0, 0.1) is 17.8 Å². The third-order valence-corrected chi connectivity index (χ3v) is 7.51. The first-order valence-electron chi connectivity index (χ1n) is 16.1. The highest BCUT2D eigenvalue weighted by Gasteiger charge is 2.51. The molecule has 5 amide bonds. The first kappa shape index (κ1) is 45.8. The van der Waals surface area contributed by atoms with Crippen LogP contribution in [0.2, 0.25) is 0 Å². The van der Waals surface area contributed by atoms with Crippen molar-refractivity contribution in [3.63, 3.8) is 0 Å². The van der Waals surface area contributed by atoms with Gasteiger partial charge in [-0.2, -0.15) is 8.78 Å². The second kappa shape index (κ2) is 22.3. The minimum Gasteiger partial charge on any atom is -0.481 e. The Hall–Kier alpha value is -3.36. The highest BCUT2D eigenvalue weighted by Crippen LogP contribution is 2.26. The smallest absolute Gasteiger partial charge is 0.351 e. The standard InChI is InChI=1S/C31H55F2N5O8.CH4/c1-9-13-20(35-29(45)25(19(8)10-2)37-22(39)14-12-15-23(40)41)27(43)36-21(16-17(4)5)26(42)31(32,33)30(46)38-24(18(6)7)28(44)34-11-3;/h17-21,24-26,42H,9-16H2,1-8H3,(H,34,44)(H,35,45)(H,36,43)(H,37,39)(H,38,46)(H,40,41);1H4/t19-,20-,21-,24-,25-,26+;/m0./s1. The van der Waals surface area contributed by atoms with E-state index in [1.54, 1.807) is 55.4 Å². The Kier molecular flexibility index (Phi) is 21.7. The number of likely N-dealkylation sites (N-methyl/N-ethyl adjacent to an activating group) is 1. The van der Waals surface area contributed by atoms with Gasteiger partial charge >= 0.3 is 11.9 Å². The Morgan fingerprint density at radius 1 is 0.787 bits per heavy atom. The highest BCUT2D eigenvalue weighted by molar-refractivity contribution is 5.93. The fourth-order valence-electron chi connectivity index (χ4n) is 4.67. The van der Waals surface area contributed by atoms with Crippen LogP contribution in [0.1, 0.15) is 108 Å². The number of carbonyl (C=O) groups is 6. The summed E-state index contributed by atoms with van der Waals surface area (Å²) in [4.78, 5) is 74.9. The van der Waals surface area contributed by atoms with Crippen molar-refractivity contribution < 1.29 is 47.8 Å². The van der Waals surface area contributed by atoms with Crippen LogP contribution in [0.15, 0.2) is 0 Å². The Morgan fingerprint density at radius 2 is 1.38 bits per heavy atom. The molecule has 15 heteroatoms. The van der Waals surface area contributed by atoms with Crippen LogP contribution in [-0.4, -0.2) is 88.5 Å². The number of carboxylic acid groups (broad SMARTS) is 1. The van der Waals surface area contributed by atoms with Gasteiger partial charge in [0.2, 0.25) is 23.6 Å². The van der Waals surface area contributed by atoms with Crippen LogP contribution in [-0.2, 0) is 28.8 Å². The zero-order valence-corrected chi connectivity index (χ0v) is 28.4. The lowest BCUT2D eigenvalue weighted by Crippen LogP contribution is -2.62. The lowest BCUT2D eigenvalue weighted by atomic mass is 9.93. The third-order valence-electron chi connectivity index (χ3n) is 7.51. The Balaban J connectivity index is 0. The summed E-state index contributed by atoms with van der Waals surface area (Å²) in [5.41, 5.74) is 0. The van der Waals surface area contributed by atoms with Crippen molar-refractivity contribution >= 4 is 35.5 Å². The highest BCUT2D eigenvalue weighted by atomic mass is 19.3. The molecule has 7 N–H and O–H groups in total. The molecule has 0 fully saturated rings. The van der Waals surface area contributed by atoms with Crippen molar-refractivity contribution in [2.75, 3.05) is 6.54 Å². The third kappa shape index (κ3) is 15.9. The van der Waals surface area contributed by atoms with Crippen molar-refractivity contribution in [3.05, 3.63) is 0 Å². The van der Waals surface area contributed by atoms with Crippen LogP contribution in [0.5, 0.6) is 0 Å². The van der Waals surface area contributed by atoms with Crippen LogP contribution in [0.4, 0.5) is 8.78 Å². The quantitative estimate of drug-likeness (QED) is 0.0904. The van der Waals surface area contributed by atoms with E-state index in [2.05, 4.69) is 21.3 Å². The van der Waals surface area contributed by atoms with E-state index in [4.69, 9.17) is 5.11 Å². The number of alkyl halides is 2. The molecule has 274 valence electrons. The number of hydrogen-bond acceptors (Lipinski definition) is 7. The minimum atomic E-state index is -4.40. The van der Waals surface area contributed by atoms with Crippen LogP contribution in [0.3, 0.4) is 0 Å². The van der Waals surface area contributed by atoms with Crippen LogP contribution in [0.25, 0.3) is 0 Å². The summed E-state index contributed by atoms with van der Waals surface area (Å²) < 4.78 is 30.8. The maximum atomic E-state index is 15.4. The van der Waals surface area contributed by atoms with Crippen molar-refractivity contribution in [3.8, 4) is 0 Å². The molecule has 0 aliphatic carbocycles. The lowest BCUT2D eigenvalue weighted by Gasteiger charge is -2.33. The first-order valence-corrected chi connectivity index (χ1v) is 16.1. The van der Waals surface area contributed by atoms with E-state index >= 15 is 8.78 Å². The molecule has 47 heavy (non-hydrogen) atoms. The van der Waals surface area contributed by atoms with E-state index in [1.165, 1.54) is 0 Å². The van der Waals surface area contributed by atoms with Gasteiger partial charge in [-0.25, -0.2) is 0 Å². The fraction of sp³-hybridized carbons (Fsp3) is 0.812. The number of aliphatic hydroxyl groups is 1. The number of hydrogen-bond donors (Lipinski definition) is 7. The van der Waals surface area contributed by atoms with E-state index in [1.807, 2.05) is 5.32 Å². The first-order chi connectivity index (χ1) is 21.3. The summed E-state index contributed by atoms with van der Waals surface area (Å²) in [6.45, 7) is 13.6. The number of halogens is 2. The Labute approximate surface area is 278 Å². The molecule has 0 saturated heterocycles. The molecular weight excluding hydrogens is 620 g/mol. The number of aliphatic carboxylic acids is 1. The lowest BCUT2D eigenvalue weighted by molar-refractivity contribution is -0.170. The largest absolute Gasteiger partial charge is 0.481 e. The minimum absolute atomic E-state index is 0. The van der Waals surface area contributed by atoms with Crippen molar-refractivity contribution in [2.24, 2.45) is 17.8 Å². The van der Waals surface area contributed by atoms with Crippen molar-refractivity contribution in [1.29, 1.82) is 0 Å². The van der Waals surface area contributed by atoms with E-state index in [9.17, 15) is 33.9 Å². The zero-order valence-electron chi connectivity index (χ0n) is 28.4. The van der Waals surface area contributed by atoms with Gasteiger partial charge in [-0.1, -0.05) is 68.7 Å². The second-order valence-electron chi connectivity index (χ2n) is 12.4. The molecule has 0 aromatic carbocycles. The molecule has 0 aliphatic rings. The molecule has 0 aliphatic heterocycles. The number of carboxylic acids is 1. The van der Waals surface area contributed by atoms with Gasteiger partial charge in [-0.15, -0.1) is 0 Å². The predicted octanol–water partition coefficient (Wildman–Crippen LogP) is 2.50. The SMILES string of the molecule is C.CCC[C@H](NC(=O)[C@@H](NC(=O)CCCC(=O)O)[C@@H](C)CC)C(=O)N[C@@H](CC(C)C)[C@@H](O)C(F)(F)C(=O)N[C@H](C(=O)NCC)C(C)C. The van der Waals surface area contributed by atoms with Gasteiger partial charge in [0.15, 0.2) is 0 Å². The summed E-state index contributed by atoms with van der Waals surface area (Å²) in [7, 11) is 0. The molecule has 0 rings (SSSR count). The summed E-state index contributed by atoms with van der Waals surface area (Å²) >= 11 is 0. The van der Waals surface area contributed by atoms with Gasteiger partial charge in [0.1, 0.15) is 24.2 Å². The molecule has 0 spiro atoms. The summed E-state index contributed by atoms with van der Waals surface area (Å²) in [5, 5.41) is 31.7. The van der Waals surface area contributed by atoms with Gasteiger partial charge in [0, 0.05) is 19.4 Å². The average molecular weight is 680 g/mol. The molecule has 0 aromatic heterocycles. The molecule has 0 saturated carbocycles. The maximum absolute atomic E-state index is 15.4. The molecule has 0 heterocycles. The summed E-state index contributed by atoms with van der Waals surface area (Å²) in [6.07, 6.45) is -2.10. The molecule has 6 atom stereocenters. The van der Waals surface area contributed by atoms with E-state index < -0.39 is 77.6 Å². The van der Waals surface area contributed by atoms with Crippen molar-refractivity contribution in [1.82, 2.24) is 26.6 Å². The van der Waals surface area contributed by atoms with Gasteiger partial charge in [-0.05, 0) is 43.9 Å². The molecule has 0 radical (unpaired) electrons. The van der Waals surface area contributed by atoms with Gasteiger partial charge in [-0.3, -0.25) is 28.8 Å². The maximum Gasteiger partial charge on any atom is 0.351 e. The van der Waals surface area contributed by atoms with Crippen LogP contribution < -0.4 is 26.6 Å². The van der Waals surface area contributed by atoms with Crippen LogP contribution >= 0.6 is 0 Å². The fourth-order valence-corrected chi connectivity index (χ4v) is 4.67. The number of carbonyl (C=O) groups excluding carboxylic acids is 5. The number of rotatable bonds is 22. The average Bonchev–Trinajstić information content (AvgIpc) is 2.96. The van der Waals surface area contributed by atoms with Gasteiger partial charge in [0.05, 0.1) is 6.04 Å².